The summed E-state index contributed by atoms with van der Waals surface area (Å²) in [4.78, 5) is 12.3. The van der Waals surface area contributed by atoms with Crippen molar-refractivity contribution in [2.24, 2.45) is 0 Å². The van der Waals surface area contributed by atoms with Crippen LogP contribution in [0.3, 0.4) is 0 Å². The van der Waals surface area contributed by atoms with Crippen molar-refractivity contribution < 1.29 is 4.74 Å². The molecule has 0 fully saturated rings. The number of nitrogens with zero attached hydrogens (tertiary/aromatic N) is 3. The molecule has 0 saturated carbocycles. The number of nitrogen functional groups attached to an aromatic ring is 1. The third-order valence-electron chi connectivity index (χ3n) is 2.42. The Kier molecular flexibility index (Phi) is 2.91. The van der Waals surface area contributed by atoms with Crippen LogP contribution in [-0.4, -0.2) is 22.1 Å². The highest BCUT2D eigenvalue weighted by atomic mass is 16.5. The van der Waals surface area contributed by atoms with Crippen LogP contribution < -0.4 is 10.5 Å². The molecule has 17 heavy (non-hydrogen) atoms. The summed E-state index contributed by atoms with van der Waals surface area (Å²) in [5, 5.41) is 0. The van der Waals surface area contributed by atoms with Gasteiger partial charge in [-0.05, 0) is 37.6 Å². The summed E-state index contributed by atoms with van der Waals surface area (Å²) in [5.41, 5.74) is 7.54. The SMILES string of the molecule is COc1ccc(-c2nc(C)nc(N)n2)cc1C. The average Bonchev–Trinajstić information content (AvgIpc) is 2.27. The van der Waals surface area contributed by atoms with Gasteiger partial charge in [-0.1, -0.05) is 0 Å². The van der Waals surface area contributed by atoms with E-state index in [1.165, 1.54) is 0 Å². The predicted octanol–water partition coefficient (Wildman–Crippen LogP) is 1.75. The van der Waals surface area contributed by atoms with Crippen molar-refractivity contribution in [2.75, 3.05) is 12.8 Å². The van der Waals surface area contributed by atoms with E-state index >= 15 is 0 Å². The number of hydrogen-bond acceptors (Lipinski definition) is 5. The summed E-state index contributed by atoms with van der Waals surface area (Å²) < 4.78 is 5.21. The van der Waals surface area contributed by atoms with Crippen LogP contribution in [0.2, 0.25) is 0 Å². The van der Waals surface area contributed by atoms with Crippen LogP contribution in [0.5, 0.6) is 5.75 Å². The first-order valence-corrected chi connectivity index (χ1v) is 5.23. The van der Waals surface area contributed by atoms with Gasteiger partial charge in [-0.15, -0.1) is 0 Å². The largest absolute Gasteiger partial charge is 0.496 e. The summed E-state index contributed by atoms with van der Waals surface area (Å²) in [6.45, 7) is 3.76. The van der Waals surface area contributed by atoms with E-state index in [2.05, 4.69) is 15.0 Å². The van der Waals surface area contributed by atoms with Crippen LogP contribution >= 0.6 is 0 Å². The fourth-order valence-corrected chi connectivity index (χ4v) is 1.65. The Hall–Kier alpha value is -2.17. The highest BCUT2D eigenvalue weighted by molar-refractivity contribution is 5.59. The lowest BCUT2D eigenvalue weighted by Crippen LogP contribution is -2.02. The second kappa shape index (κ2) is 4.37. The summed E-state index contributed by atoms with van der Waals surface area (Å²) in [6.07, 6.45) is 0. The Morgan fingerprint density at radius 3 is 2.47 bits per heavy atom. The van der Waals surface area contributed by atoms with Crippen molar-refractivity contribution in [3.8, 4) is 17.1 Å². The van der Waals surface area contributed by atoms with Gasteiger partial charge in [-0.2, -0.15) is 9.97 Å². The molecule has 0 saturated heterocycles. The topological polar surface area (TPSA) is 73.9 Å². The molecule has 0 spiro atoms. The molecule has 0 aliphatic carbocycles. The third-order valence-corrected chi connectivity index (χ3v) is 2.42. The molecule has 2 aromatic rings. The molecule has 2 N–H and O–H groups in total. The lowest BCUT2D eigenvalue weighted by Gasteiger charge is -2.07. The van der Waals surface area contributed by atoms with E-state index < -0.39 is 0 Å². The molecule has 5 heteroatoms. The van der Waals surface area contributed by atoms with Crippen LogP contribution in [0.15, 0.2) is 18.2 Å². The standard InChI is InChI=1S/C12H14N4O/c1-7-6-9(4-5-10(7)17-3)11-14-8(2)15-12(13)16-11/h4-6H,1-3H3,(H2,13,14,15,16). The predicted molar refractivity (Wildman–Crippen MR) is 65.7 cm³/mol. The zero-order valence-corrected chi connectivity index (χ0v) is 10.1. The number of hydrogen-bond donors (Lipinski definition) is 1. The van der Waals surface area contributed by atoms with E-state index in [0.29, 0.717) is 11.6 Å². The van der Waals surface area contributed by atoms with Crippen LogP contribution in [0, 0.1) is 13.8 Å². The quantitative estimate of drug-likeness (QED) is 0.850. The zero-order chi connectivity index (χ0) is 12.4. The first kappa shape index (κ1) is 11.3. The lowest BCUT2D eigenvalue weighted by atomic mass is 10.1. The minimum absolute atomic E-state index is 0.237. The Morgan fingerprint density at radius 2 is 1.88 bits per heavy atom. The van der Waals surface area contributed by atoms with Crippen molar-refractivity contribution in [1.82, 2.24) is 15.0 Å². The molecule has 5 nitrogen and oxygen atoms in total. The van der Waals surface area contributed by atoms with Gasteiger partial charge in [0.15, 0.2) is 5.82 Å². The highest BCUT2D eigenvalue weighted by Gasteiger charge is 2.06. The van der Waals surface area contributed by atoms with E-state index in [0.717, 1.165) is 16.9 Å². The maximum Gasteiger partial charge on any atom is 0.223 e. The third kappa shape index (κ3) is 2.33. The van der Waals surface area contributed by atoms with Crippen molar-refractivity contribution in [2.45, 2.75) is 13.8 Å². The van der Waals surface area contributed by atoms with Crippen LogP contribution in [0.4, 0.5) is 5.95 Å². The minimum atomic E-state index is 0.237. The van der Waals surface area contributed by atoms with Crippen molar-refractivity contribution in [1.29, 1.82) is 0 Å². The number of rotatable bonds is 2. The number of nitrogens with two attached hydrogens (primary N) is 1. The second-order valence-electron chi connectivity index (χ2n) is 3.75. The van der Waals surface area contributed by atoms with Gasteiger partial charge in [0, 0.05) is 5.56 Å². The number of aryl methyl sites for hydroxylation is 2. The van der Waals surface area contributed by atoms with Crippen molar-refractivity contribution in [3.05, 3.63) is 29.6 Å². The lowest BCUT2D eigenvalue weighted by molar-refractivity contribution is 0.412. The molecule has 2 rings (SSSR count). The smallest absolute Gasteiger partial charge is 0.223 e. The molecule has 0 radical (unpaired) electrons. The van der Waals surface area contributed by atoms with Crippen molar-refractivity contribution in [3.63, 3.8) is 0 Å². The summed E-state index contributed by atoms with van der Waals surface area (Å²) >= 11 is 0. The Labute approximate surface area is 99.7 Å². The average molecular weight is 230 g/mol. The molecule has 0 aliphatic rings. The first-order valence-electron chi connectivity index (χ1n) is 5.23. The first-order chi connectivity index (χ1) is 8.10. The van der Waals surface area contributed by atoms with E-state index in [1.807, 2.05) is 25.1 Å². The number of methoxy groups -OCH3 is 1. The maximum absolute atomic E-state index is 5.60. The maximum atomic E-state index is 5.60. The fourth-order valence-electron chi connectivity index (χ4n) is 1.65. The van der Waals surface area contributed by atoms with E-state index in [9.17, 15) is 0 Å². The number of benzene rings is 1. The molecule has 0 bridgehead atoms. The zero-order valence-electron chi connectivity index (χ0n) is 10.1. The van der Waals surface area contributed by atoms with E-state index in [-0.39, 0.29) is 5.95 Å². The minimum Gasteiger partial charge on any atom is -0.496 e. The van der Waals surface area contributed by atoms with Gasteiger partial charge in [0.1, 0.15) is 11.6 Å². The van der Waals surface area contributed by atoms with Gasteiger partial charge < -0.3 is 10.5 Å². The highest BCUT2D eigenvalue weighted by Crippen LogP contribution is 2.23. The molecule has 1 aromatic heterocycles. The van der Waals surface area contributed by atoms with Crippen LogP contribution in [-0.2, 0) is 0 Å². The van der Waals surface area contributed by atoms with Crippen molar-refractivity contribution >= 4 is 5.95 Å². The molecule has 1 heterocycles. The monoisotopic (exact) mass is 230 g/mol. The van der Waals surface area contributed by atoms with Crippen LogP contribution in [0.25, 0.3) is 11.4 Å². The molecule has 0 aliphatic heterocycles. The Bertz CT molecular complexity index is 534. The van der Waals surface area contributed by atoms with Gasteiger partial charge in [-0.25, -0.2) is 4.98 Å². The van der Waals surface area contributed by atoms with Gasteiger partial charge in [0.2, 0.25) is 5.95 Å². The van der Waals surface area contributed by atoms with Crippen LogP contribution in [0.1, 0.15) is 11.4 Å². The number of aromatic nitrogens is 3. The summed E-state index contributed by atoms with van der Waals surface area (Å²) in [6, 6.07) is 5.76. The number of anilines is 1. The number of ether oxygens (including phenoxy) is 1. The molecular weight excluding hydrogens is 216 g/mol. The normalized spacial score (nSPS) is 10.3. The van der Waals surface area contributed by atoms with Gasteiger partial charge in [0.25, 0.3) is 0 Å². The molecule has 0 amide bonds. The molecule has 1 aromatic carbocycles. The Morgan fingerprint density at radius 1 is 1.12 bits per heavy atom. The van der Waals surface area contributed by atoms with Gasteiger partial charge in [0.05, 0.1) is 7.11 Å². The van der Waals surface area contributed by atoms with E-state index in [1.54, 1.807) is 14.0 Å². The Balaban J connectivity index is 2.49. The van der Waals surface area contributed by atoms with E-state index in [4.69, 9.17) is 10.5 Å². The molecule has 0 unspecified atom stereocenters. The molecular formula is C12H14N4O. The molecule has 88 valence electrons. The fraction of sp³-hybridized carbons (Fsp3) is 0.250. The summed E-state index contributed by atoms with van der Waals surface area (Å²) in [5.74, 6) is 2.27. The van der Waals surface area contributed by atoms with Gasteiger partial charge in [-0.3, -0.25) is 0 Å². The van der Waals surface area contributed by atoms with Gasteiger partial charge >= 0.3 is 0 Å². The summed E-state index contributed by atoms with van der Waals surface area (Å²) in [7, 11) is 1.65. The second-order valence-corrected chi connectivity index (χ2v) is 3.75. The molecule has 0 atom stereocenters.